The number of carbonyl (C=O) groups is 1. The van der Waals surface area contributed by atoms with Crippen molar-refractivity contribution >= 4 is 27.5 Å². The van der Waals surface area contributed by atoms with Gasteiger partial charge in [0.25, 0.3) is 5.91 Å². The Balaban J connectivity index is 2.12. The van der Waals surface area contributed by atoms with Gasteiger partial charge in [-0.3, -0.25) is 4.79 Å². The summed E-state index contributed by atoms with van der Waals surface area (Å²) in [5.41, 5.74) is 9.26. The first-order valence-electron chi connectivity index (χ1n) is 7.20. The third-order valence-electron chi connectivity index (χ3n) is 3.55. The van der Waals surface area contributed by atoms with Crippen LogP contribution in [0.1, 0.15) is 42.3 Å². The number of nitrogens with two attached hydrogens (primary N) is 1. The standard InChI is InChI=1S/C18H21BrN2O/c1-18(2,3)13-6-4-12(5-7-13)11-21-16-9-8-14(19)10-15(16)17(20)22/h4-10,21H,11H2,1-3H3,(H2,20,22). The summed E-state index contributed by atoms with van der Waals surface area (Å²) in [5.74, 6) is -0.438. The first-order chi connectivity index (χ1) is 10.3. The number of anilines is 1. The van der Waals surface area contributed by atoms with E-state index in [0.717, 1.165) is 15.7 Å². The van der Waals surface area contributed by atoms with Gasteiger partial charge in [0.1, 0.15) is 0 Å². The van der Waals surface area contributed by atoms with Gasteiger partial charge in [0, 0.05) is 16.7 Å². The van der Waals surface area contributed by atoms with Crippen LogP contribution in [0.2, 0.25) is 0 Å². The fourth-order valence-electron chi connectivity index (χ4n) is 2.19. The molecule has 0 heterocycles. The van der Waals surface area contributed by atoms with Gasteiger partial charge in [0.2, 0.25) is 0 Å². The van der Waals surface area contributed by atoms with Crippen molar-refractivity contribution in [2.24, 2.45) is 5.73 Å². The van der Waals surface area contributed by atoms with E-state index in [1.807, 2.05) is 12.1 Å². The van der Waals surface area contributed by atoms with Crippen molar-refractivity contribution in [3.05, 3.63) is 63.6 Å². The van der Waals surface area contributed by atoms with Crippen molar-refractivity contribution < 1.29 is 4.79 Å². The number of carbonyl (C=O) groups excluding carboxylic acids is 1. The Morgan fingerprint density at radius 1 is 1.14 bits per heavy atom. The van der Waals surface area contributed by atoms with Crippen molar-refractivity contribution in [2.45, 2.75) is 32.7 Å². The van der Waals surface area contributed by atoms with Crippen molar-refractivity contribution in [3.8, 4) is 0 Å². The summed E-state index contributed by atoms with van der Waals surface area (Å²) in [6.45, 7) is 7.23. The fraction of sp³-hybridized carbons (Fsp3) is 0.278. The number of halogens is 1. The van der Waals surface area contributed by atoms with Crippen LogP contribution in [0.3, 0.4) is 0 Å². The zero-order chi connectivity index (χ0) is 16.3. The predicted octanol–water partition coefficient (Wildman–Crippen LogP) is 4.46. The van der Waals surface area contributed by atoms with E-state index in [1.54, 1.807) is 6.07 Å². The topological polar surface area (TPSA) is 55.1 Å². The Morgan fingerprint density at radius 2 is 1.77 bits per heavy atom. The van der Waals surface area contributed by atoms with E-state index in [-0.39, 0.29) is 5.41 Å². The molecular formula is C18H21BrN2O. The number of hydrogen-bond acceptors (Lipinski definition) is 2. The molecule has 4 heteroatoms. The predicted molar refractivity (Wildman–Crippen MR) is 95.1 cm³/mol. The molecule has 22 heavy (non-hydrogen) atoms. The quantitative estimate of drug-likeness (QED) is 0.845. The van der Waals surface area contributed by atoms with Crippen LogP contribution in [0.25, 0.3) is 0 Å². The minimum atomic E-state index is -0.438. The van der Waals surface area contributed by atoms with Crippen LogP contribution in [0, 0.1) is 0 Å². The van der Waals surface area contributed by atoms with E-state index in [2.05, 4.69) is 66.3 Å². The Labute approximate surface area is 140 Å². The van der Waals surface area contributed by atoms with E-state index >= 15 is 0 Å². The number of hydrogen-bond donors (Lipinski definition) is 2. The zero-order valence-electron chi connectivity index (χ0n) is 13.1. The number of rotatable bonds is 4. The summed E-state index contributed by atoms with van der Waals surface area (Å²) < 4.78 is 0.835. The molecule has 2 aromatic rings. The van der Waals surface area contributed by atoms with Gasteiger partial charge in [-0.15, -0.1) is 0 Å². The van der Waals surface area contributed by atoms with Gasteiger partial charge in [0.15, 0.2) is 0 Å². The molecule has 0 saturated carbocycles. The second-order valence-electron chi connectivity index (χ2n) is 6.35. The van der Waals surface area contributed by atoms with E-state index in [0.29, 0.717) is 12.1 Å². The molecule has 0 unspecified atom stereocenters. The van der Waals surface area contributed by atoms with E-state index in [4.69, 9.17) is 5.73 Å². The van der Waals surface area contributed by atoms with Crippen LogP contribution in [-0.2, 0) is 12.0 Å². The monoisotopic (exact) mass is 360 g/mol. The van der Waals surface area contributed by atoms with Gasteiger partial charge in [-0.25, -0.2) is 0 Å². The highest BCUT2D eigenvalue weighted by Crippen LogP contribution is 2.24. The first-order valence-corrected chi connectivity index (χ1v) is 7.99. The number of benzene rings is 2. The van der Waals surface area contributed by atoms with Gasteiger partial charge < -0.3 is 11.1 Å². The average molecular weight is 361 g/mol. The molecule has 2 aromatic carbocycles. The van der Waals surface area contributed by atoms with Gasteiger partial charge in [-0.05, 0) is 34.7 Å². The number of amides is 1. The Bertz CT molecular complexity index is 672. The summed E-state index contributed by atoms with van der Waals surface area (Å²) >= 11 is 3.35. The third kappa shape index (κ3) is 4.10. The van der Waals surface area contributed by atoms with Crippen molar-refractivity contribution in [2.75, 3.05) is 5.32 Å². The summed E-state index contributed by atoms with van der Waals surface area (Å²) in [6, 6.07) is 14.0. The Morgan fingerprint density at radius 3 is 2.32 bits per heavy atom. The zero-order valence-corrected chi connectivity index (χ0v) is 14.7. The second-order valence-corrected chi connectivity index (χ2v) is 7.27. The molecular weight excluding hydrogens is 340 g/mol. The highest BCUT2D eigenvalue weighted by atomic mass is 79.9. The minimum absolute atomic E-state index is 0.150. The molecule has 3 nitrogen and oxygen atoms in total. The number of primary amides is 1. The molecule has 0 aliphatic heterocycles. The lowest BCUT2D eigenvalue weighted by Crippen LogP contribution is -2.14. The number of nitrogens with one attached hydrogen (secondary N) is 1. The van der Waals surface area contributed by atoms with Gasteiger partial charge >= 0.3 is 0 Å². The van der Waals surface area contributed by atoms with Crippen LogP contribution in [-0.4, -0.2) is 5.91 Å². The van der Waals surface area contributed by atoms with Crippen LogP contribution < -0.4 is 11.1 Å². The van der Waals surface area contributed by atoms with Crippen molar-refractivity contribution in [1.29, 1.82) is 0 Å². The Kier molecular flexibility index (Phi) is 4.91. The van der Waals surface area contributed by atoms with Crippen LogP contribution >= 0.6 is 15.9 Å². The molecule has 3 N–H and O–H groups in total. The largest absolute Gasteiger partial charge is 0.380 e. The molecule has 0 atom stereocenters. The lowest BCUT2D eigenvalue weighted by atomic mass is 9.87. The van der Waals surface area contributed by atoms with E-state index in [1.165, 1.54) is 5.56 Å². The molecule has 116 valence electrons. The van der Waals surface area contributed by atoms with Gasteiger partial charge in [-0.1, -0.05) is 61.0 Å². The van der Waals surface area contributed by atoms with Gasteiger partial charge in [0.05, 0.1) is 5.56 Å². The molecule has 0 spiro atoms. The molecule has 2 rings (SSSR count). The summed E-state index contributed by atoms with van der Waals surface area (Å²) in [4.78, 5) is 11.5. The SMILES string of the molecule is CC(C)(C)c1ccc(CNc2ccc(Br)cc2C(N)=O)cc1. The molecule has 0 fully saturated rings. The lowest BCUT2D eigenvalue weighted by molar-refractivity contribution is 0.100. The summed E-state index contributed by atoms with van der Waals surface area (Å²) in [6.07, 6.45) is 0. The smallest absolute Gasteiger partial charge is 0.250 e. The second kappa shape index (κ2) is 6.53. The fourth-order valence-corrected chi connectivity index (χ4v) is 2.56. The van der Waals surface area contributed by atoms with E-state index < -0.39 is 5.91 Å². The normalized spacial score (nSPS) is 11.3. The summed E-state index contributed by atoms with van der Waals surface area (Å²) in [5, 5.41) is 3.27. The summed E-state index contributed by atoms with van der Waals surface area (Å²) in [7, 11) is 0. The maximum absolute atomic E-state index is 11.5. The first kappa shape index (κ1) is 16.6. The molecule has 0 aliphatic carbocycles. The minimum Gasteiger partial charge on any atom is -0.380 e. The van der Waals surface area contributed by atoms with Crippen molar-refractivity contribution in [3.63, 3.8) is 0 Å². The molecule has 0 saturated heterocycles. The van der Waals surface area contributed by atoms with Crippen LogP contribution in [0.5, 0.6) is 0 Å². The highest BCUT2D eigenvalue weighted by Gasteiger charge is 2.13. The maximum atomic E-state index is 11.5. The molecule has 0 radical (unpaired) electrons. The van der Waals surface area contributed by atoms with Crippen LogP contribution in [0.4, 0.5) is 5.69 Å². The van der Waals surface area contributed by atoms with Crippen LogP contribution in [0.15, 0.2) is 46.9 Å². The lowest BCUT2D eigenvalue weighted by Gasteiger charge is -2.19. The molecule has 0 aromatic heterocycles. The van der Waals surface area contributed by atoms with Gasteiger partial charge in [-0.2, -0.15) is 0 Å². The average Bonchev–Trinajstić information content (AvgIpc) is 2.45. The third-order valence-corrected chi connectivity index (χ3v) is 4.04. The van der Waals surface area contributed by atoms with Crippen molar-refractivity contribution in [1.82, 2.24) is 0 Å². The molecule has 1 amide bonds. The Hall–Kier alpha value is -1.81. The molecule has 0 aliphatic rings. The molecule has 0 bridgehead atoms. The maximum Gasteiger partial charge on any atom is 0.250 e. The highest BCUT2D eigenvalue weighted by molar-refractivity contribution is 9.10. The van der Waals surface area contributed by atoms with E-state index in [9.17, 15) is 4.79 Å².